The first-order valence-corrected chi connectivity index (χ1v) is 11.8. The highest BCUT2D eigenvalue weighted by Gasteiger charge is 2.39. The van der Waals surface area contributed by atoms with Gasteiger partial charge in [0, 0.05) is 30.2 Å². The van der Waals surface area contributed by atoms with Gasteiger partial charge in [-0.3, -0.25) is 9.78 Å². The highest BCUT2D eigenvalue weighted by molar-refractivity contribution is 6.35. The standard InChI is InChI=1S/C23H25Cl2N5O4/c1-12-20-13(5-14(24)6-16(20)25)3-4-30(12)22(31)19-10-29(9-15(33-19)11-32-2)18-8-27-7-17-21(18)34-23(26)28-17/h5-8,12,15,19H,3-4,9-11H2,1-2H3,(H2,26,28)/t12-,15-,19+/m0/s1. The number of nitrogen functional groups attached to an aromatic ring is 1. The Hall–Kier alpha value is -2.59. The Labute approximate surface area is 206 Å². The number of pyridine rings is 1. The lowest BCUT2D eigenvalue weighted by Gasteiger charge is -2.42. The van der Waals surface area contributed by atoms with Gasteiger partial charge >= 0.3 is 0 Å². The molecule has 0 unspecified atom stereocenters. The normalized spacial score (nSPS) is 22.8. The van der Waals surface area contributed by atoms with Crippen LogP contribution in [-0.4, -0.2) is 66.3 Å². The Kier molecular flexibility index (Phi) is 6.28. The van der Waals surface area contributed by atoms with Crippen molar-refractivity contribution in [2.24, 2.45) is 0 Å². The van der Waals surface area contributed by atoms with E-state index in [9.17, 15) is 4.79 Å². The van der Waals surface area contributed by atoms with E-state index in [1.807, 2.05) is 22.8 Å². The number of carbonyl (C=O) groups excluding carboxylic acids is 1. The van der Waals surface area contributed by atoms with E-state index < -0.39 is 6.10 Å². The Balaban J connectivity index is 1.43. The van der Waals surface area contributed by atoms with E-state index in [4.69, 9.17) is 42.8 Å². The third-order valence-corrected chi connectivity index (χ3v) is 6.93. The van der Waals surface area contributed by atoms with E-state index in [1.165, 1.54) is 0 Å². The van der Waals surface area contributed by atoms with Crippen LogP contribution in [0.15, 0.2) is 28.9 Å². The van der Waals surface area contributed by atoms with E-state index >= 15 is 0 Å². The maximum absolute atomic E-state index is 13.7. The topological polar surface area (TPSA) is 107 Å². The van der Waals surface area contributed by atoms with Gasteiger partial charge in [0.25, 0.3) is 11.9 Å². The van der Waals surface area contributed by atoms with Crippen molar-refractivity contribution in [3.63, 3.8) is 0 Å². The van der Waals surface area contributed by atoms with Gasteiger partial charge in [-0.15, -0.1) is 0 Å². The number of amides is 1. The summed E-state index contributed by atoms with van der Waals surface area (Å²) in [6.07, 6.45) is 2.92. The van der Waals surface area contributed by atoms with Crippen LogP contribution in [0.3, 0.4) is 0 Å². The van der Waals surface area contributed by atoms with Crippen LogP contribution < -0.4 is 10.6 Å². The molecule has 3 atom stereocenters. The van der Waals surface area contributed by atoms with Crippen LogP contribution in [0.2, 0.25) is 10.0 Å². The quantitative estimate of drug-likeness (QED) is 0.574. The third kappa shape index (κ3) is 4.17. The number of anilines is 2. The number of rotatable bonds is 4. The smallest absolute Gasteiger partial charge is 0.293 e. The molecule has 180 valence electrons. The SMILES string of the molecule is COC[C@@H]1CN(c2cncc3nc(N)oc23)C[C@H](C(=O)N2CCc3cc(Cl)cc(Cl)c3[C@@H]2C)O1. The number of carbonyl (C=O) groups is 1. The fraction of sp³-hybridized carbons (Fsp3) is 0.435. The lowest BCUT2D eigenvalue weighted by atomic mass is 9.93. The van der Waals surface area contributed by atoms with Crippen LogP contribution in [-0.2, 0) is 20.7 Å². The van der Waals surface area contributed by atoms with Gasteiger partial charge in [0.2, 0.25) is 0 Å². The van der Waals surface area contributed by atoms with Crippen molar-refractivity contribution in [3.05, 3.63) is 45.7 Å². The molecule has 1 fully saturated rings. The average molecular weight is 506 g/mol. The van der Waals surface area contributed by atoms with Crippen LogP contribution >= 0.6 is 23.2 Å². The highest BCUT2D eigenvalue weighted by Crippen LogP contribution is 2.38. The third-order valence-electron chi connectivity index (χ3n) is 6.40. The van der Waals surface area contributed by atoms with Crippen molar-refractivity contribution in [2.75, 3.05) is 44.0 Å². The van der Waals surface area contributed by atoms with Gasteiger partial charge in [0.15, 0.2) is 11.7 Å². The molecule has 0 radical (unpaired) electrons. The van der Waals surface area contributed by atoms with Gasteiger partial charge in [0.05, 0.1) is 37.7 Å². The summed E-state index contributed by atoms with van der Waals surface area (Å²) >= 11 is 12.7. The van der Waals surface area contributed by atoms with Crippen molar-refractivity contribution < 1.29 is 18.7 Å². The number of hydrogen-bond acceptors (Lipinski definition) is 8. The molecule has 0 spiro atoms. The maximum Gasteiger partial charge on any atom is 0.293 e. The predicted octanol–water partition coefficient (Wildman–Crippen LogP) is 3.48. The van der Waals surface area contributed by atoms with Crippen LogP contribution in [0.1, 0.15) is 24.1 Å². The van der Waals surface area contributed by atoms with E-state index in [0.717, 1.165) is 11.1 Å². The number of fused-ring (bicyclic) bond motifs is 2. The molecule has 2 N–H and O–H groups in total. The zero-order valence-corrected chi connectivity index (χ0v) is 20.3. The summed E-state index contributed by atoms with van der Waals surface area (Å²) in [5.41, 5.74) is 9.55. The number of aromatic nitrogens is 2. The molecule has 1 aromatic carbocycles. The molecule has 9 nitrogen and oxygen atoms in total. The van der Waals surface area contributed by atoms with Crippen molar-refractivity contribution in [3.8, 4) is 0 Å². The lowest BCUT2D eigenvalue weighted by molar-refractivity contribution is -0.154. The summed E-state index contributed by atoms with van der Waals surface area (Å²) in [4.78, 5) is 26.0. The lowest BCUT2D eigenvalue weighted by Crippen LogP contribution is -2.56. The van der Waals surface area contributed by atoms with Gasteiger partial charge in [-0.25, -0.2) is 0 Å². The van der Waals surface area contributed by atoms with Gasteiger partial charge in [0.1, 0.15) is 11.2 Å². The first kappa shape index (κ1) is 23.2. The summed E-state index contributed by atoms with van der Waals surface area (Å²) in [5, 5.41) is 1.16. The second-order valence-electron chi connectivity index (χ2n) is 8.58. The fourth-order valence-electron chi connectivity index (χ4n) is 4.92. The van der Waals surface area contributed by atoms with Crippen LogP contribution in [0.25, 0.3) is 11.1 Å². The number of halogens is 2. The Bertz CT molecular complexity index is 1240. The molecule has 0 saturated carbocycles. The second kappa shape index (κ2) is 9.22. The van der Waals surface area contributed by atoms with E-state index in [0.29, 0.717) is 59.5 Å². The number of benzene rings is 1. The molecule has 2 aliphatic rings. The molecule has 3 aromatic rings. The van der Waals surface area contributed by atoms with Crippen molar-refractivity contribution in [1.82, 2.24) is 14.9 Å². The van der Waals surface area contributed by atoms with E-state index in [-0.39, 0.29) is 24.1 Å². The molecule has 11 heteroatoms. The fourth-order valence-corrected chi connectivity index (χ4v) is 5.61. The summed E-state index contributed by atoms with van der Waals surface area (Å²) in [7, 11) is 1.61. The minimum absolute atomic E-state index is 0.0661. The highest BCUT2D eigenvalue weighted by atomic mass is 35.5. The molecule has 0 bridgehead atoms. The van der Waals surface area contributed by atoms with Gasteiger partial charge < -0.3 is 29.4 Å². The van der Waals surface area contributed by atoms with Crippen LogP contribution in [0, 0.1) is 0 Å². The van der Waals surface area contributed by atoms with Gasteiger partial charge in [-0.2, -0.15) is 4.98 Å². The van der Waals surface area contributed by atoms with Gasteiger partial charge in [-0.05, 0) is 36.6 Å². The summed E-state index contributed by atoms with van der Waals surface area (Å²) < 4.78 is 17.2. The Morgan fingerprint density at radius 2 is 2.12 bits per heavy atom. The zero-order valence-electron chi connectivity index (χ0n) is 18.8. The minimum Gasteiger partial charge on any atom is -0.421 e. The number of oxazole rings is 1. The van der Waals surface area contributed by atoms with E-state index in [2.05, 4.69) is 9.97 Å². The molecule has 2 aromatic heterocycles. The summed E-state index contributed by atoms with van der Waals surface area (Å²) in [6, 6.07) is 3.50. The molecule has 1 saturated heterocycles. The number of hydrogen-bond donors (Lipinski definition) is 1. The average Bonchev–Trinajstić information content (AvgIpc) is 3.18. The number of nitrogens with two attached hydrogens (primary N) is 1. The van der Waals surface area contributed by atoms with E-state index in [1.54, 1.807) is 25.6 Å². The van der Waals surface area contributed by atoms with Crippen LogP contribution in [0.5, 0.6) is 0 Å². The Morgan fingerprint density at radius 3 is 2.91 bits per heavy atom. The largest absolute Gasteiger partial charge is 0.421 e. The molecule has 2 aliphatic heterocycles. The van der Waals surface area contributed by atoms with Crippen molar-refractivity contribution in [1.29, 1.82) is 0 Å². The number of morpholine rings is 1. The molecule has 1 amide bonds. The molecule has 4 heterocycles. The van der Waals surface area contributed by atoms with Crippen molar-refractivity contribution >= 4 is 51.9 Å². The molecule has 5 rings (SSSR count). The van der Waals surface area contributed by atoms with Crippen molar-refractivity contribution in [2.45, 2.75) is 31.6 Å². The monoisotopic (exact) mass is 505 g/mol. The molecular weight excluding hydrogens is 481 g/mol. The maximum atomic E-state index is 13.7. The molecule has 0 aliphatic carbocycles. The second-order valence-corrected chi connectivity index (χ2v) is 9.43. The van der Waals surface area contributed by atoms with Crippen LogP contribution in [0.4, 0.5) is 11.7 Å². The van der Waals surface area contributed by atoms with Gasteiger partial charge in [-0.1, -0.05) is 23.2 Å². The molecule has 34 heavy (non-hydrogen) atoms. The zero-order chi connectivity index (χ0) is 24.0. The first-order valence-electron chi connectivity index (χ1n) is 11.0. The molecular formula is C23H25Cl2N5O4. The predicted molar refractivity (Wildman–Crippen MR) is 129 cm³/mol. The number of nitrogens with zero attached hydrogens (tertiary/aromatic N) is 4. The number of methoxy groups -OCH3 is 1. The summed E-state index contributed by atoms with van der Waals surface area (Å²) in [6.45, 7) is 3.69. The minimum atomic E-state index is -0.709. The first-order chi connectivity index (χ1) is 16.4. The number of ether oxygens (including phenoxy) is 2. The Morgan fingerprint density at radius 1 is 1.29 bits per heavy atom. The summed E-state index contributed by atoms with van der Waals surface area (Å²) in [5.74, 6) is -0.104.